The molecule has 3 aliphatic rings. The molecular weight excluding hydrogens is 428 g/mol. The summed E-state index contributed by atoms with van der Waals surface area (Å²) in [5, 5.41) is 12.6. The molecule has 1 aliphatic heterocycles. The molecule has 2 aromatic rings. The van der Waals surface area contributed by atoms with Crippen LogP contribution in [0.5, 0.6) is 0 Å². The molecule has 2 aliphatic carbocycles. The predicted molar refractivity (Wildman–Crippen MR) is 135 cm³/mol. The molecular formula is C26H34N6O2. The van der Waals surface area contributed by atoms with Crippen molar-refractivity contribution in [2.45, 2.75) is 50.5 Å². The van der Waals surface area contributed by atoms with Crippen molar-refractivity contribution in [3.63, 3.8) is 0 Å². The van der Waals surface area contributed by atoms with Crippen molar-refractivity contribution in [1.29, 1.82) is 0 Å². The number of aromatic nitrogens is 2. The van der Waals surface area contributed by atoms with Crippen molar-refractivity contribution in [2.24, 2.45) is 5.92 Å². The first kappa shape index (κ1) is 22.7. The highest BCUT2D eigenvalue weighted by Gasteiger charge is 2.41. The van der Waals surface area contributed by atoms with Gasteiger partial charge in [-0.3, -0.25) is 4.79 Å². The average Bonchev–Trinajstić information content (AvgIpc) is 3.76. The molecule has 0 spiro atoms. The molecule has 0 radical (unpaired) electrons. The van der Waals surface area contributed by atoms with Crippen LogP contribution in [0.4, 0.5) is 23.0 Å². The van der Waals surface area contributed by atoms with E-state index >= 15 is 0 Å². The highest BCUT2D eigenvalue weighted by molar-refractivity contribution is 5.78. The van der Waals surface area contributed by atoms with Gasteiger partial charge >= 0.3 is 0 Å². The Kier molecular flexibility index (Phi) is 6.41. The number of aliphatic hydroxyl groups is 1. The fourth-order valence-corrected chi connectivity index (χ4v) is 4.90. The van der Waals surface area contributed by atoms with Crippen LogP contribution >= 0.6 is 0 Å². The van der Waals surface area contributed by atoms with E-state index in [2.05, 4.69) is 21.8 Å². The number of nitrogen functional groups attached to an aromatic ring is 1. The number of pyridine rings is 2. The van der Waals surface area contributed by atoms with Crippen LogP contribution in [0.25, 0.3) is 6.08 Å². The minimum atomic E-state index is 0.0536. The smallest absolute Gasteiger partial charge is 0.223 e. The van der Waals surface area contributed by atoms with Crippen LogP contribution in [0.15, 0.2) is 31.0 Å². The maximum atomic E-state index is 12.8. The van der Waals surface area contributed by atoms with Gasteiger partial charge in [-0.2, -0.15) is 0 Å². The molecule has 1 amide bonds. The van der Waals surface area contributed by atoms with Gasteiger partial charge in [-0.15, -0.1) is 0 Å². The van der Waals surface area contributed by atoms with Gasteiger partial charge in [0.15, 0.2) is 5.82 Å². The van der Waals surface area contributed by atoms with Gasteiger partial charge in [0.1, 0.15) is 5.82 Å². The van der Waals surface area contributed by atoms with Crippen LogP contribution in [0.3, 0.4) is 0 Å². The molecule has 8 nitrogen and oxygen atoms in total. The molecule has 2 aromatic heterocycles. The Morgan fingerprint density at radius 1 is 1.26 bits per heavy atom. The number of nitrogens with two attached hydrogens (primary N) is 1. The van der Waals surface area contributed by atoms with E-state index in [1.807, 2.05) is 23.1 Å². The molecule has 180 valence electrons. The highest BCUT2D eigenvalue weighted by atomic mass is 16.3. The normalized spacial score (nSPS) is 20.3. The lowest BCUT2D eigenvalue weighted by Gasteiger charge is -2.43. The SMILES string of the molecule is C=Cc1ccnc(Nc2cc(N)c(N3CCN(C(=O)CCCO)[C@H](C4CC4)C3)nc2C2CC2)c1. The number of aliphatic hydroxyl groups excluding tert-OH is 1. The molecule has 8 heteroatoms. The van der Waals surface area contributed by atoms with E-state index < -0.39 is 0 Å². The van der Waals surface area contributed by atoms with Gasteiger partial charge in [0.05, 0.1) is 23.1 Å². The van der Waals surface area contributed by atoms with Crippen LogP contribution in [-0.2, 0) is 4.79 Å². The van der Waals surface area contributed by atoms with Crippen LogP contribution < -0.4 is 16.0 Å². The summed E-state index contributed by atoms with van der Waals surface area (Å²) in [4.78, 5) is 26.6. The summed E-state index contributed by atoms with van der Waals surface area (Å²) < 4.78 is 0. The summed E-state index contributed by atoms with van der Waals surface area (Å²) in [5.41, 5.74) is 10.2. The lowest BCUT2D eigenvalue weighted by molar-refractivity contribution is -0.134. The van der Waals surface area contributed by atoms with E-state index in [0.717, 1.165) is 60.8 Å². The molecule has 1 saturated heterocycles. The Morgan fingerprint density at radius 2 is 2.09 bits per heavy atom. The molecule has 34 heavy (non-hydrogen) atoms. The second-order valence-electron chi connectivity index (χ2n) is 9.68. The number of rotatable bonds is 9. The van der Waals surface area contributed by atoms with Crippen molar-refractivity contribution < 1.29 is 9.90 Å². The van der Waals surface area contributed by atoms with Crippen molar-refractivity contribution in [3.8, 4) is 0 Å². The minimum Gasteiger partial charge on any atom is -0.396 e. The molecule has 0 unspecified atom stereocenters. The number of hydrogen-bond acceptors (Lipinski definition) is 7. The number of piperazine rings is 1. The van der Waals surface area contributed by atoms with Gasteiger partial charge in [-0.1, -0.05) is 12.7 Å². The number of anilines is 4. The molecule has 0 bridgehead atoms. The van der Waals surface area contributed by atoms with Gasteiger partial charge < -0.3 is 26.0 Å². The third kappa shape index (κ3) is 4.87. The number of nitrogens with one attached hydrogen (secondary N) is 1. The lowest BCUT2D eigenvalue weighted by Crippen LogP contribution is -2.56. The number of amides is 1. The van der Waals surface area contributed by atoms with Gasteiger partial charge in [0, 0.05) is 44.8 Å². The van der Waals surface area contributed by atoms with E-state index in [1.165, 1.54) is 0 Å². The first-order chi connectivity index (χ1) is 16.6. The molecule has 2 saturated carbocycles. The highest BCUT2D eigenvalue weighted by Crippen LogP contribution is 2.45. The topological polar surface area (TPSA) is 108 Å². The number of nitrogens with zero attached hydrogens (tertiary/aromatic N) is 4. The molecule has 4 N–H and O–H groups in total. The van der Waals surface area contributed by atoms with Crippen molar-refractivity contribution in [2.75, 3.05) is 42.2 Å². The molecule has 3 fully saturated rings. The zero-order valence-corrected chi connectivity index (χ0v) is 19.6. The second kappa shape index (κ2) is 9.62. The van der Waals surface area contributed by atoms with Crippen LogP contribution in [-0.4, -0.2) is 58.2 Å². The first-order valence-corrected chi connectivity index (χ1v) is 12.4. The Hall–Kier alpha value is -3.13. The maximum Gasteiger partial charge on any atom is 0.223 e. The zero-order valence-electron chi connectivity index (χ0n) is 19.6. The maximum absolute atomic E-state index is 12.8. The number of carbonyl (C=O) groups excluding carboxylic acids is 1. The second-order valence-corrected chi connectivity index (χ2v) is 9.68. The average molecular weight is 463 g/mol. The third-order valence-corrected chi connectivity index (χ3v) is 7.06. The van der Waals surface area contributed by atoms with Gasteiger partial charge in [-0.05, 0) is 61.8 Å². The van der Waals surface area contributed by atoms with Crippen molar-refractivity contribution in [1.82, 2.24) is 14.9 Å². The van der Waals surface area contributed by atoms with Crippen LogP contribution in [0.2, 0.25) is 0 Å². The third-order valence-electron chi connectivity index (χ3n) is 7.06. The predicted octanol–water partition coefficient (Wildman–Crippen LogP) is 3.52. The first-order valence-electron chi connectivity index (χ1n) is 12.4. The van der Waals surface area contributed by atoms with Crippen molar-refractivity contribution >= 4 is 35.0 Å². The Bertz CT molecular complexity index is 1070. The summed E-state index contributed by atoms with van der Waals surface area (Å²) in [6.07, 6.45) is 9.08. The van der Waals surface area contributed by atoms with Crippen LogP contribution in [0, 0.1) is 5.92 Å². The summed E-state index contributed by atoms with van der Waals surface area (Å²) >= 11 is 0. The largest absolute Gasteiger partial charge is 0.396 e. The fourth-order valence-electron chi connectivity index (χ4n) is 4.90. The summed E-state index contributed by atoms with van der Waals surface area (Å²) in [7, 11) is 0. The lowest BCUT2D eigenvalue weighted by atomic mass is 10.1. The zero-order chi connectivity index (χ0) is 23.7. The van der Waals surface area contributed by atoms with E-state index in [0.29, 0.717) is 43.5 Å². The van der Waals surface area contributed by atoms with E-state index in [9.17, 15) is 4.79 Å². The number of carbonyl (C=O) groups is 1. The standard InChI is InChI=1S/C26H34N6O2/c1-2-17-9-10-28-23(14-17)29-21-15-20(27)26(30-25(21)19-7-8-19)31-11-12-32(24(34)4-3-13-33)22(16-31)18-5-6-18/h2,9-10,14-15,18-19,22,33H,1,3-8,11-13,16,27H2,(H,28,29)/t22-/m0/s1. The Labute approximate surface area is 200 Å². The van der Waals surface area contributed by atoms with Gasteiger partial charge in [0.25, 0.3) is 0 Å². The summed E-state index contributed by atoms with van der Waals surface area (Å²) in [6, 6.07) is 6.05. The van der Waals surface area contributed by atoms with E-state index in [4.69, 9.17) is 15.8 Å². The fraction of sp³-hybridized carbons (Fsp3) is 0.500. The Balaban J connectivity index is 1.38. The monoisotopic (exact) mass is 462 g/mol. The summed E-state index contributed by atoms with van der Waals surface area (Å²) in [6.45, 7) is 6.03. The molecule has 0 aromatic carbocycles. The molecule has 3 heterocycles. The number of hydrogen-bond donors (Lipinski definition) is 3. The van der Waals surface area contributed by atoms with Crippen LogP contribution in [0.1, 0.15) is 55.7 Å². The van der Waals surface area contributed by atoms with E-state index in [-0.39, 0.29) is 18.6 Å². The molecule has 1 atom stereocenters. The quantitative estimate of drug-likeness (QED) is 0.523. The molecule has 5 rings (SSSR count). The van der Waals surface area contributed by atoms with Gasteiger partial charge in [0.2, 0.25) is 5.91 Å². The minimum absolute atomic E-state index is 0.0536. The van der Waals surface area contributed by atoms with E-state index in [1.54, 1.807) is 12.3 Å². The van der Waals surface area contributed by atoms with Crippen molar-refractivity contribution in [3.05, 3.63) is 42.2 Å². The van der Waals surface area contributed by atoms with Gasteiger partial charge in [-0.25, -0.2) is 9.97 Å². The Morgan fingerprint density at radius 3 is 2.79 bits per heavy atom. The summed E-state index contributed by atoms with van der Waals surface area (Å²) in [5.74, 6) is 2.71.